The molecule has 1 heterocycles. The predicted octanol–water partition coefficient (Wildman–Crippen LogP) is 2.25. The molecule has 0 unspecified atom stereocenters. The van der Waals surface area contributed by atoms with E-state index in [0.717, 1.165) is 23.4 Å². The molecule has 1 aliphatic carbocycles. The Bertz CT molecular complexity index is 629. The van der Waals surface area contributed by atoms with Gasteiger partial charge in [0.2, 0.25) is 0 Å². The lowest BCUT2D eigenvalue weighted by Crippen LogP contribution is -2.15. The molecule has 0 radical (unpaired) electrons. The second-order valence-corrected chi connectivity index (χ2v) is 5.14. The molecule has 0 saturated heterocycles. The lowest BCUT2D eigenvalue weighted by Gasteiger charge is -2.03. The fraction of sp³-hybridized carbons (Fsp3) is 0.357. The molecule has 1 aromatic heterocycles. The number of benzene rings is 1. The second-order valence-electron chi connectivity index (χ2n) is 5.14. The number of nitrogens with one attached hydrogen (secondary N) is 1. The predicted molar refractivity (Wildman–Crippen MR) is 75.2 cm³/mol. The Morgan fingerprint density at radius 2 is 2.10 bits per heavy atom. The molecule has 20 heavy (non-hydrogen) atoms. The van der Waals surface area contributed by atoms with Gasteiger partial charge in [-0.2, -0.15) is 5.10 Å². The van der Waals surface area contributed by atoms with Crippen molar-refractivity contribution in [1.29, 1.82) is 0 Å². The molecule has 1 saturated carbocycles. The topological polar surface area (TPSA) is 73.0 Å². The molecule has 1 aromatic carbocycles. The summed E-state index contributed by atoms with van der Waals surface area (Å²) in [5.41, 5.74) is 3.01. The van der Waals surface area contributed by atoms with Crippen LogP contribution in [0.4, 0.5) is 5.69 Å². The standard InChI is InChI=1S/C14H16N4O2/c1-17-9-11(8-15-12-4-5-12)14(16-17)10-2-6-13(7-3-10)18(19)20/h2-3,6-7,9,12,15H,4-5,8H2,1H3. The maximum absolute atomic E-state index is 10.7. The SMILES string of the molecule is Cn1cc(CNC2CC2)c(-c2ccc([N+](=O)[O-])cc2)n1. The largest absolute Gasteiger partial charge is 0.310 e. The molecule has 2 aromatic rings. The van der Waals surface area contributed by atoms with Gasteiger partial charge in [-0.3, -0.25) is 14.8 Å². The van der Waals surface area contributed by atoms with Crippen molar-refractivity contribution in [1.82, 2.24) is 15.1 Å². The number of nitrogens with zero attached hydrogens (tertiary/aromatic N) is 3. The number of aromatic nitrogens is 2. The minimum Gasteiger partial charge on any atom is -0.310 e. The van der Waals surface area contributed by atoms with Crippen LogP contribution in [0.5, 0.6) is 0 Å². The quantitative estimate of drug-likeness (QED) is 0.669. The Hall–Kier alpha value is -2.21. The Labute approximate surface area is 116 Å². The van der Waals surface area contributed by atoms with E-state index in [2.05, 4.69) is 10.4 Å². The first-order chi connectivity index (χ1) is 9.63. The van der Waals surface area contributed by atoms with Crippen molar-refractivity contribution in [2.75, 3.05) is 0 Å². The number of nitro benzene ring substituents is 1. The molecule has 1 aliphatic rings. The van der Waals surface area contributed by atoms with Gasteiger partial charge in [0.25, 0.3) is 5.69 Å². The van der Waals surface area contributed by atoms with Crippen molar-refractivity contribution in [3.05, 3.63) is 46.1 Å². The van der Waals surface area contributed by atoms with Crippen molar-refractivity contribution in [3.8, 4) is 11.3 Å². The summed E-state index contributed by atoms with van der Waals surface area (Å²) >= 11 is 0. The summed E-state index contributed by atoms with van der Waals surface area (Å²) in [5.74, 6) is 0. The number of aryl methyl sites for hydroxylation is 1. The van der Waals surface area contributed by atoms with Crippen LogP contribution in [0.2, 0.25) is 0 Å². The third-order valence-corrected chi connectivity index (χ3v) is 3.41. The summed E-state index contributed by atoms with van der Waals surface area (Å²) in [7, 11) is 1.88. The molecule has 0 aliphatic heterocycles. The molecular weight excluding hydrogens is 256 g/mol. The number of rotatable bonds is 5. The number of non-ortho nitro benzene ring substituents is 1. The van der Waals surface area contributed by atoms with Crippen molar-refractivity contribution in [3.63, 3.8) is 0 Å². The highest BCUT2D eigenvalue weighted by Crippen LogP contribution is 2.25. The summed E-state index contributed by atoms with van der Waals surface area (Å²) in [4.78, 5) is 10.3. The van der Waals surface area contributed by atoms with Crippen LogP contribution in [0.3, 0.4) is 0 Å². The summed E-state index contributed by atoms with van der Waals surface area (Å²) < 4.78 is 1.78. The fourth-order valence-corrected chi connectivity index (χ4v) is 2.19. The van der Waals surface area contributed by atoms with Gasteiger partial charge in [-0.25, -0.2) is 0 Å². The molecule has 6 heteroatoms. The van der Waals surface area contributed by atoms with Crippen molar-refractivity contribution < 1.29 is 4.92 Å². The molecule has 0 spiro atoms. The third kappa shape index (κ3) is 2.70. The molecule has 3 rings (SSSR count). The molecule has 1 fully saturated rings. The minimum absolute atomic E-state index is 0.0994. The Morgan fingerprint density at radius 1 is 1.40 bits per heavy atom. The van der Waals surface area contributed by atoms with Crippen LogP contribution in [0.15, 0.2) is 30.5 Å². The highest BCUT2D eigenvalue weighted by Gasteiger charge is 2.21. The maximum atomic E-state index is 10.7. The van der Waals surface area contributed by atoms with E-state index < -0.39 is 4.92 Å². The van der Waals surface area contributed by atoms with Gasteiger partial charge >= 0.3 is 0 Å². The Morgan fingerprint density at radius 3 is 2.70 bits per heavy atom. The lowest BCUT2D eigenvalue weighted by atomic mass is 10.1. The van der Waals surface area contributed by atoms with E-state index in [0.29, 0.717) is 6.04 Å². The van der Waals surface area contributed by atoms with E-state index in [4.69, 9.17) is 0 Å². The molecule has 1 N–H and O–H groups in total. The summed E-state index contributed by atoms with van der Waals surface area (Å²) in [6.07, 6.45) is 4.48. The highest BCUT2D eigenvalue weighted by molar-refractivity contribution is 5.64. The van der Waals surface area contributed by atoms with Crippen LogP contribution in [-0.2, 0) is 13.6 Å². The molecule has 0 amide bonds. The van der Waals surface area contributed by atoms with Crippen molar-refractivity contribution in [2.24, 2.45) is 7.05 Å². The van der Waals surface area contributed by atoms with Crippen LogP contribution in [0.25, 0.3) is 11.3 Å². The van der Waals surface area contributed by atoms with Crippen LogP contribution < -0.4 is 5.32 Å². The second kappa shape index (κ2) is 5.05. The van der Waals surface area contributed by atoms with Gasteiger partial charge in [0.15, 0.2) is 0 Å². The average Bonchev–Trinajstić information content (AvgIpc) is 3.19. The first kappa shape index (κ1) is 12.8. The van der Waals surface area contributed by atoms with E-state index in [1.54, 1.807) is 16.8 Å². The van der Waals surface area contributed by atoms with E-state index in [1.807, 2.05) is 13.2 Å². The average molecular weight is 272 g/mol. The van der Waals surface area contributed by atoms with Gasteiger partial charge in [-0.15, -0.1) is 0 Å². The summed E-state index contributed by atoms with van der Waals surface area (Å²) in [5, 5.41) is 18.6. The van der Waals surface area contributed by atoms with Crippen molar-refractivity contribution >= 4 is 5.69 Å². The zero-order valence-corrected chi connectivity index (χ0v) is 11.2. The zero-order valence-electron chi connectivity index (χ0n) is 11.2. The monoisotopic (exact) mass is 272 g/mol. The van der Waals surface area contributed by atoms with Crippen LogP contribution >= 0.6 is 0 Å². The molecule has 0 atom stereocenters. The minimum atomic E-state index is -0.391. The normalized spacial score (nSPS) is 14.4. The number of hydrogen-bond donors (Lipinski definition) is 1. The molecule has 104 valence electrons. The number of nitro groups is 1. The summed E-state index contributed by atoms with van der Waals surface area (Å²) in [6.45, 7) is 0.783. The van der Waals surface area contributed by atoms with Crippen LogP contribution in [0.1, 0.15) is 18.4 Å². The fourth-order valence-electron chi connectivity index (χ4n) is 2.19. The summed E-state index contributed by atoms with van der Waals surface area (Å²) in [6, 6.07) is 7.17. The van der Waals surface area contributed by atoms with E-state index in [9.17, 15) is 10.1 Å². The smallest absolute Gasteiger partial charge is 0.269 e. The van der Waals surface area contributed by atoms with E-state index in [1.165, 1.54) is 25.0 Å². The Balaban J connectivity index is 1.85. The van der Waals surface area contributed by atoms with Crippen molar-refractivity contribution in [2.45, 2.75) is 25.4 Å². The first-order valence-corrected chi connectivity index (χ1v) is 6.64. The van der Waals surface area contributed by atoms with Gasteiger partial charge in [-0.1, -0.05) is 0 Å². The third-order valence-electron chi connectivity index (χ3n) is 3.41. The van der Waals surface area contributed by atoms with Crippen LogP contribution in [-0.4, -0.2) is 20.7 Å². The van der Waals surface area contributed by atoms with Gasteiger partial charge in [0.1, 0.15) is 0 Å². The number of hydrogen-bond acceptors (Lipinski definition) is 4. The van der Waals surface area contributed by atoms with Gasteiger partial charge in [-0.05, 0) is 25.0 Å². The zero-order chi connectivity index (χ0) is 14.1. The lowest BCUT2D eigenvalue weighted by molar-refractivity contribution is -0.384. The molecule has 6 nitrogen and oxygen atoms in total. The van der Waals surface area contributed by atoms with E-state index in [-0.39, 0.29) is 5.69 Å². The van der Waals surface area contributed by atoms with E-state index >= 15 is 0 Å². The molecular formula is C14H16N4O2. The van der Waals surface area contributed by atoms with Gasteiger partial charge < -0.3 is 5.32 Å². The molecule has 0 bridgehead atoms. The maximum Gasteiger partial charge on any atom is 0.269 e. The highest BCUT2D eigenvalue weighted by atomic mass is 16.6. The van der Waals surface area contributed by atoms with Gasteiger partial charge in [0.05, 0.1) is 10.6 Å². The first-order valence-electron chi connectivity index (χ1n) is 6.64. The Kier molecular flexibility index (Phi) is 3.23. The van der Waals surface area contributed by atoms with Crippen LogP contribution in [0, 0.1) is 10.1 Å². The van der Waals surface area contributed by atoms with Gasteiger partial charge in [0, 0.05) is 49.1 Å².